The van der Waals surface area contributed by atoms with E-state index in [1.165, 1.54) is 23.0 Å². The van der Waals surface area contributed by atoms with Crippen LogP contribution in [0.15, 0.2) is 9.59 Å². The lowest BCUT2D eigenvalue weighted by atomic mass is 10.2. The smallest absolute Gasteiger partial charge is 0.332 e. The summed E-state index contributed by atoms with van der Waals surface area (Å²) in [6.07, 6.45) is 0. The van der Waals surface area contributed by atoms with Crippen LogP contribution in [-0.2, 0) is 24.4 Å². The van der Waals surface area contributed by atoms with Crippen molar-refractivity contribution in [2.75, 3.05) is 20.4 Å². The van der Waals surface area contributed by atoms with E-state index in [9.17, 15) is 19.1 Å². The van der Waals surface area contributed by atoms with Crippen LogP contribution in [0.4, 0.5) is 4.39 Å². The molecule has 0 atom stereocenters. The van der Waals surface area contributed by atoms with Crippen molar-refractivity contribution < 1.29 is 14.2 Å². The van der Waals surface area contributed by atoms with Gasteiger partial charge in [-0.05, 0) is 12.5 Å². The predicted molar refractivity (Wildman–Crippen MR) is 78.9 cm³/mol. The normalized spacial score (nSPS) is 11.4. The summed E-state index contributed by atoms with van der Waals surface area (Å²) in [5.41, 5.74) is -0.413. The van der Waals surface area contributed by atoms with E-state index in [0.717, 1.165) is 4.57 Å². The third-order valence-electron chi connectivity index (χ3n) is 3.36. The molecule has 0 aliphatic rings. The molecule has 0 fully saturated rings. The Balaban J connectivity index is 2.85. The molecule has 2 aromatic heterocycles. The molecular weight excluding hydrogens is 299 g/mol. The maximum absolute atomic E-state index is 12.6. The van der Waals surface area contributed by atoms with Gasteiger partial charge in [0.2, 0.25) is 0 Å². The molecule has 0 spiro atoms. The quantitative estimate of drug-likeness (QED) is 0.849. The standard InChI is InChI=1S/C13H17FN2O4S/c1-8-9(7-17)21-12-10(8)11(18)15(4-3-14)13(19)16(12)5-6-20-2/h17H,3-7H2,1-2H3. The fourth-order valence-electron chi connectivity index (χ4n) is 2.25. The van der Waals surface area contributed by atoms with Gasteiger partial charge in [-0.3, -0.25) is 13.9 Å². The molecule has 0 unspecified atom stereocenters. The number of aromatic nitrogens is 2. The van der Waals surface area contributed by atoms with E-state index >= 15 is 0 Å². The van der Waals surface area contributed by atoms with Gasteiger partial charge in [-0.1, -0.05) is 0 Å². The minimum atomic E-state index is -0.791. The first kappa shape index (κ1) is 15.9. The van der Waals surface area contributed by atoms with Gasteiger partial charge in [-0.25, -0.2) is 9.18 Å². The number of methoxy groups -OCH3 is 1. The Kier molecular flexibility index (Phi) is 4.92. The molecule has 6 nitrogen and oxygen atoms in total. The average Bonchev–Trinajstić information content (AvgIpc) is 2.80. The lowest BCUT2D eigenvalue weighted by molar-refractivity contribution is 0.186. The zero-order chi connectivity index (χ0) is 15.6. The fourth-order valence-corrected chi connectivity index (χ4v) is 3.43. The van der Waals surface area contributed by atoms with E-state index < -0.39 is 17.9 Å². The minimum absolute atomic E-state index is 0.202. The number of ether oxygens (including phenoxy) is 1. The van der Waals surface area contributed by atoms with Crippen LogP contribution in [0.2, 0.25) is 0 Å². The van der Waals surface area contributed by atoms with E-state index in [0.29, 0.717) is 27.3 Å². The number of fused-ring (bicyclic) bond motifs is 1. The number of alkyl halides is 1. The van der Waals surface area contributed by atoms with E-state index in [4.69, 9.17) is 4.74 Å². The van der Waals surface area contributed by atoms with Crippen molar-refractivity contribution in [1.29, 1.82) is 0 Å². The summed E-state index contributed by atoms with van der Waals surface area (Å²) in [5, 5.41) is 9.72. The number of thiophene rings is 1. The molecule has 116 valence electrons. The van der Waals surface area contributed by atoms with Gasteiger partial charge in [0.25, 0.3) is 5.56 Å². The number of aliphatic hydroxyl groups excluding tert-OH is 1. The summed E-state index contributed by atoms with van der Waals surface area (Å²) in [4.78, 5) is 25.9. The minimum Gasteiger partial charge on any atom is -0.391 e. The molecule has 0 aliphatic heterocycles. The highest BCUT2D eigenvalue weighted by atomic mass is 32.1. The number of hydrogen-bond acceptors (Lipinski definition) is 5. The summed E-state index contributed by atoms with van der Waals surface area (Å²) in [7, 11) is 1.51. The van der Waals surface area contributed by atoms with Gasteiger partial charge in [-0.15, -0.1) is 11.3 Å². The Labute approximate surface area is 124 Å². The first-order chi connectivity index (χ1) is 10.1. The molecule has 0 radical (unpaired) electrons. The second-order valence-electron chi connectivity index (χ2n) is 4.56. The average molecular weight is 316 g/mol. The van der Waals surface area contributed by atoms with Crippen LogP contribution in [-0.4, -0.2) is 34.6 Å². The predicted octanol–water partition coefficient (Wildman–Crippen LogP) is 0.641. The van der Waals surface area contributed by atoms with Crippen LogP contribution in [0.3, 0.4) is 0 Å². The van der Waals surface area contributed by atoms with Crippen molar-refractivity contribution in [2.24, 2.45) is 0 Å². The molecule has 2 aromatic rings. The number of rotatable bonds is 6. The van der Waals surface area contributed by atoms with Gasteiger partial charge in [0.15, 0.2) is 0 Å². The lowest BCUT2D eigenvalue weighted by Gasteiger charge is -2.10. The zero-order valence-electron chi connectivity index (χ0n) is 11.9. The van der Waals surface area contributed by atoms with Crippen LogP contribution < -0.4 is 11.2 Å². The van der Waals surface area contributed by atoms with Crippen LogP contribution >= 0.6 is 11.3 Å². The molecule has 0 aliphatic carbocycles. The van der Waals surface area contributed by atoms with Crippen LogP contribution in [0.5, 0.6) is 0 Å². The lowest BCUT2D eigenvalue weighted by Crippen LogP contribution is -2.40. The van der Waals surface area contributed by atoms with Gasteiger partial charge in [0, 0.05) is 12.0 Å². The first-order valence-corrected chi connectivity index (χ1v) is 7.29. The number of halogens is 1. The van der Waals surface area contributed by atoms with E-state index in [2.05, 4.69) is 0 Å². The largest absolute Gasteiger partial charge is 0.391 e. The van der Waals surface area contributed by atoms with Crippen molar-refractivity contribution in [2.45, 2.75) is 26.6 Å². The number of nitrogens with zero attached hydrogens (tertiary/aromatic N) is 2. The van der Waals surface area contributed by atoms with E-state index in [1.807, 2.05) is 0 Å². The highest BCUT2D eigenvalue weighted by Crippen LogP contribution is 2.27. The molecule has 8 heteroatoms. The van der Waals surface area contributed by atoms with Gasteiger partial charge in [0.1, 0.15) is 11.5 Å². The van der Waals surface area contributed by atoms with Crippen LogP contribution in [0.25, 0.3) is 10.2 Å². The monoisotopic (exact) mass is 316 g/mol. The zero-order valence-corrected chi connectivity index (χ0v) is 12.7. The van der Waals surface area contributed by atoms with Crippen molar-refractivity contribution in [3.63, 3.8) is 0 Å². The molecule has 0 aromatic carbocycles. The van der Waals surface area contributed by atoms with Crippen LogP contribution in [0.1, 0.15) is 10.4 Å². The third-order valence-corrected chi connectivity index (χ3v) is 4.66. The molecule has 21 heavy (non-hydrogen) atoms. The summed E-state index contributed by atoms with van der Waals surface area (Å²) in [6.45, 7) is 1.02. The molecule has 0 saturated carbocycles. The second kappa shape index (κ2) is 6.50. The van der Waals surface area contributed by atoms with Crippen molar-refractivity contribution in [3.05, 3.63) is 31.3 Å². The molecule has 2 heterocycles. The Morgan fingerprint density at radius 1 is 1.29 bits per heavy atom. The van der Waals surface area contributed by atoms with Gasteiger partial charge in [0.05, 0.1) is 31.7 Å². The summed E-state index contributed by atoms with van der Waals surface area (Å²) >= 11 is 1.21. The molecule has 0 amide bonds. The highest BCUT2D eigenvalue weighted by Gasteiger charge is 2.19. The van der Waals surface area contributed by atoms with Gasteiger partial charge >= 0.3 is 5.69 Å². The highest BCUT2D eigenvalue weighted by molar-refractivity contribution is 7.18. The fraction of sp³-hybridized carbons (Fsp3) is 0.538. The molecule has 0 bridgehead atoms. The Morgan fingerprint density at radius 3 is 2.57 bits per heavy atom. The van der Waals surface area contributed by atoms with Crippen molar-refractivity contribution in [3.8, 4) is 0 Å². The number of hydrogen-bond donors (Lipinski definition) is 1. The number of aryl methyl sites for hydroxylation is 1. The van der Waals surface area contributed by atoms with Crippen LogP contribution in [0, 0.1) is 6.92 Å². The summed E-state index contributed by atoms with van der Waals surface area (Å²) in [6, 6.07) is 0. The molecule has 1 N–H and O–H groups in total. The van der Waals surface area contributed by atoms with E-state index in [1.54, 1.807) is 6.92 Å². The maximum Gasteiger partial charge on any atom is 0.332 e. The Morgan fingerprint density at radius 2 is 2.00 bits per heavy atom. The topological polar surface area (TPSA) is 73.5 Å². The number of aliphatic hydroxyl groups is 1. The second-order valence-corrected chi connectivity index (χ2v) is 5.64. The Hall–Kier alpha value is -1.51. The van der Waals surface area contributed by atoms with E-state index in [-0.39, 0.29) is 19.7 Å². The summed E-state index contributed by atoms with van der Waals surface area (Å²) in [5.74, 6) is 0. The Bertz CT molecular complexity index is 762. The molecule has 2 rings (SSSR count). The van der Waals surface area contributed by atoms with Crippen molar-refractivity contribution in [1.82, 2.24) is 9.13 Å². The van der Waals surface area contributed by atoms with Gasteiger partial charge < -0.3 is 9.84 Å². The first-order valence-electron chi connectivity index (χ1n) is 6.48. The van der Waals surface area contributed by atoms with Gasteiger partial charge in [-0.2, -0.15) is 0 Å². The maximum atomic E-state index is 12.6. The molecule has 0 saturated heterocycles. The third kappa shape index (κ3) is 2.66. The van der Waals surface area contributed by atoms with Crippen molar-refractivity contribution >= 4 is 21.6 Å². The summed E-state index contributed by atoms with van der Waals surface area (Å²) < 4.78 is 19.9. The molecular formula is C13H17FN2O4S. The SMILES string of the molecule is COCCn1c(=O)n(CCF)c(=O)c2c(C)c(CO)sc21.